The highest BCUT2D eigenvalue weighted by molar-refractivity contribution is 7.00. The van der Waals surface area contributed by atoms with Gasteiger partial charge in [-0.25, -0.2) is 0 Å². The quantitative estimate of drug-likeness (QED) is 0.162. The second-order valence-corrected chi connectivity index (χ2v) is 26.9. The lowest BCUT2D eigenvalue weighted by atomic mass is 9.32. The van der Waals surface area contributed by atoms with Crippen molar-refractivity contribution in [1.82, 2.24) is 0 Å². The van der Waals surface area contributed by atoms with Gasteiger partial charge in [-0.1, -0.05) is 165 Å². The lowest BCUT2D eigenvalue weighted by molar-refractivity contribution is 0.332. The van der Waals surface area contributed by atoms with Crippen molar-refractivity contribution in [2.75, 3.05) is 9.80 Å². The van der Waals surface area contributed by atoms with E-state index in [1.807, 2.05) is 0 Å². The van der Waals surface area contributed by atoms with E-state index in [9.17, 15) is 0 Å². The van der Waals surface area contributed by atoms with Gasteiger partial charge in [0.1, 0.15) is 0 Å². The number of anilines is 6. The van der Waals surface area contributed by atoms with Crippen LogP contribution in [0.4, 0.5) is 34.1 Å². The Morgan fingerprint density at radius 3 is 1.47 bits per heavy atom. The molecule has 0 saturated carbocycles. The molecule has 0 radical (unpaired) electrons. The topological polar surface area (TPSA) is 6.48 Å². The minimum atomic E-state index is -2.18. The zero-order valence-electron chi connectivity index (χ0n) is 47.2. The van der Waals surface area contributed by atoms with Crippen LogP contribution < -0.4 is 26.2 Å². The van der Waals surface area contributed by atoms with E-state index in [-0.39, 0.29) is 51.0 Å². The predicted molar refractivity (Wildman–Crippen MR) is 295 cm³/mol. The average Bonchev–Trinajstić information content (AvgIpc) is 3.56. The standard InChI is InChI=1S/C65H77BN2/c1-18-40-29-56-58-57(30-40)68(53-34-48-44(28-39(53)2)62(10,11)37-64(48,14)15)55-36-49-46(63(12,13)38-65(49,16)17)33-51(55)66(58)50-32-45-47(61(8,9)27-26-60(45,6)7)35-54(50)67(56)52-25-24-42(59(3,4)5)31-43(52)41-22-20-19-21-23-41/h19-25,28-36H,18,26-27,37-38H2,1-17H3/i1D3. The third kappa shape index (κ3) is 6.55. The molecule has 5 aliphatic rings. The summed E-state index contributed by atoms with van der Waals surface area (Å²) in [5.74, 6) is 0. The highest BCUT2D eigenvalue weighted by atomic mass is 15.2. The zero-order chi connectivity index (χ0) is 51.1. The van der Waals surface area contributed by atoms with Crippen LogP contribution in [0.2, 0.25) is 0 Å². The molecule has 0 amide bonds. The van der Waals surface area contributed by atoms with Gasteiger partial charge in [0.2, 0.25) is 0 Å². The van der Waals surface area contributed by atoms with E-state index < -0.39 is 6.85 Å². The summed E-state index contributed by atoms with van der Waals surface area (Å²) in [6.45, 7) is 36.2. The minimum absolute atomic E-state index is 0.0165. The Morgan fingerprint density at radius 2 is 0.956 bits per heavy atom. The highest BCUT2D eigenvalue weighted by Gasteiger charge is 2.51. The molecular formula is C65H77BN2. The van der Waals surface area contributed by atoms with Crippen molar-refractivity contribution in [3.63, 3.8) is 0 Å². The van der Waals surface area contributed by atoms with Gasteiger partial charge in [0.05, 0.1) is 5.69 Å². The predicted octanol–water partition coefficient (Wildman–Crippen LogP) is 15.9. The summed E-state index contributed by atoms with van der Waals surface area (Å²) in [5.41, 5.74) is 24.9. The van der Waals surface area contributed by atoms with E-state index in [4.69, 9.17) is 4.11 Å². The molecule has 11 rings (SSSR count). The second-order valence-electron chi connectivity index (χ2n) is 26.9. The van der Waals surface area contributed by atoms with Gasteiger partial charge in [0.15, 0.2) is 0 Å². The molecule has 0 aromatic heterocycles. The van der Waals surface area contributed by atoms with Gasteiger partial charge < -0.3 is 9.80 Å². The molecule has 6 aromatic rings. The van der Waals surface area contributed by atoms with Crippen LogP contribution in [0.3, 0.4) is 0 Å². The van der Waals surface area contributed by atoms with Gasteiger partial charge in [-0.15, -0.1) is 0 Å². The van der Waals surface area contributed by atoms with E-state index in [1.54, 1.807) is 0 Å². The molecule has 3 heteroatoms. The van der Waals surface area contributed by atoms with E-state index in [0.29, 0.717) is 0 Å². The average molecular weight is 900 g/mol. The van der Waals surface area contributed by atoms with Gasteiger partial charge in [-0.3, -0.25) is 0 Å². The summed E-state index contributed by atoms with van der Waals surface area (Å²) in [6, 6.07) is 38.1. The molecule has 2 heterocycles. The molecule has 2 nitrogen and oxygen atoms in total. The maximum Gasteiger partial charge on any atom is 0.252 e. The Morgan fingerprint density at radius 1 is 0.500 bits per heavy atom. The number of hydrogen-bond donors (Lipinski definition) is 0. The molecular weight excluding hydrogens is 820 g/mol. The van der Waals surface area contributed by atoms with Crippen LogP contribution in [0.15, 0.2) is 97.1 Å². The number of rotatable bonds is 4. The summed E-state index contributed by atoms with van der Waals surface area (Å²) < 4.78 is 26.5. The first-order chi connectivity index (χ1) is 32.8. The first-order valence-electron chi connectivity index (χ1n) is 27.3. The van der Waals surface area contributed by atoms with Crippen LogP contribution in [-0.2, 0) is 44.3 Å². The molecule has 350 valence electrons. The largest absolute Gasteiger partial charge is 0.311 e. The Labute approximate surface area is 415 Å². The van der Waals surface area contributed by atoms with Gasteiger partial charge in [-0.05, 0) is 191 Å². The number of nitrogens with zero attached hydrogens (tertiary/aromatic N) is 2. The Kier molecular flexibility index (Phi) is 8.81. The SMILES string of the molecule is [2H]C([2H])([2H])Cc1cc2c3c(c1)N(c1ccc(C(C)(C)C)cc1-c1ccccc1)c1cc4c(cc1B3c1cc3c(cc1N2c1cc2c(cc1C)C(C)(C)CC2(C)C)C(C)(C)CC3(C)C)C(C)(C)CCC4(C)C. The third-order valence-corrected chi connectivity index (χ3v) is 17.9. The molecule has 68 heavy (non-hydrogen) atoms. The maximum absolute atomic E-state index is 8.84. The number of aryl methyl sites for hydroxylation is 2. The molecule has 0 bridgehead atoms. The van der Waals surface area contributed by atoms with Gasteiger partial charge >= 0.3 is 0 Å². The Bertz CT molecular complexity index is 3230. The van der Waals surface area contributed by atoms with E-state index in [1.165, 1.54) is 83.5 Å². The van der Waals surface area contributed by atoms with Crippen molar-refractivity contribution in [1.29, 1.82) is 0 Å². The van der Waals surface area contributed by atoms with E-state index >= 15 is 0 Å². The fourth-order valence-corrected chi connectivity index (χ4v) is 14.6. The first kappa shape index (κ1) is 41.9. The van der Waals surface area contributed by atoms with Gasteiger partial charge in [0, 0.05) is 38.1 Å². The Hall–Kier alpha value is -5.02. The lowest BCUT2D eigenvalue weighted by Gasteiger charge is -2.48. The molecule has 3 aliphatic carbocycles. The Balaban J connectivity index is 1.33. The number of fused-ring (bicyclic) bond motifs is 7. The summed E-state index contributed by atoms with van der Waals surface area (Å²) in [7, 11) is 0. The molecule has 0 spiro atoms. The molecule has 6 aromatic carbocycles. The van der Waals surface area contributed by atoms with Crippen LogP contribution in [0.1, 0.15) is 191 Å². The van der Waals surface area contributed by atoms with Crippen LogP contribution in [0, 0.1) is 6.92 Å². The fourth-order valence-electron chi connectivity index (χ4n) is 14.6. The molecule has 0 fully saturated rings. The minimum Gasteiger partial charge on any atom is -0.311 e. The van der Waals surface area contributed by atoms with E-state index in [0.717, 1.165) is 53.9 Å². The van der Waals surface area contributed by atoms with Gasteiger partial charge in [-0.2, -0.15) is 0 Å². The zero-order valence-corrected chi connectivity index (χ0v) is 44.2. The summed E-state index contributed by atoms with van der Waals surface area (Å²) in [5, 5.41) is 0. The van der Waals surface area contributed by atoms with Crippen LogP contribution in [0.5, 0.6) is 0 Å². The van der Waals surface area contributed by atoms with Crippen LogP contribution in [0.25, 0.3) is 11.1 Å². The van der Waals surface area contributed by atoms with Crippen molar-refractivity contribution >= 4 is 57.2 Å². The molecule has 0 unspecified atom stereocenters. The first-order valence-corrected chi connectivity index (χ1v) is 25.8. The number of benzene rings is 6. The van der Waals surface area contributed by atoms with Crippen molar-refractivity contribution in [3.8, 4) is 11.1 Å². The highest BCUT2D eigenvalue weighted by Crippen LogP contribution is 2.57. The van der Waals surface area contributed by atoms with Crippen molar-refractivity contribution in [2.24, 2.45) is 0 Å². The normalized spacial score (nSPS) is 21.1. The fraction of sp³-hybridized carbons (Fsp3) is 0.446. The maximum atomic E-state index is 8.84. The second kappa shape index (κ2) is 14.3. The third-order valence-electron chi connectivity index (χ3n) is 17.9. The number of hydrogen-bond acceptors (Lipinski definition) is 2. The molecule has 0 N–H and O–H groups in total. The van der Waals surface area contributed by atoms with Gasteiger partial charge in [0.25, 0.3) is 6.71 Å². The molecule has 2 aliphatic heterocycles. The smallest absolute Gasteiger partial charge is 0.252 e. The molecule has 0 atom stereocenters. The summed E-state index contributed by atoms with van der Waals surface area (Å²) in [6.07, 6.45) is 4.35. The van der Waals surface area contributed by atoms with E-state index in [2.05, 4.69) is 218 Å². The van der Waals surface area contributed by atoms with Crippen molar-refractivity contribution < 1.29 is 4.11 Å². The summed E-state index contributed by atoms with van der Waals surface area (Å²) in [4.78, 5) is 5.17. The monoisotopic (exact) mass is 900 g/mol. The van der Waals surface area contributed by atoms with Crippen molar-refractivity contribution in [3.05, 3.63) is 147 Å². The molecule has 0 saturated heterocycles. The van der Waals surface area contributed by atoms with Crippen LogP contribution in [-0.4, -0.2) is 6.71 Å². The van der Waals surface area contributed by atoms with Crippen molar-refractivity contribution in [2.45, 2.75) is 188 Å². The summed E-state index contributed by atoms with van der Waals surface area (Å²) >= 11 is 0. The van der Waals surface area contributed by atoms with Crippen LogP contribution >= 0.6 is 0 Å². The lowest BCUT2D eigenvalue weighted by Crippen LogP contribution is -2.62.